The maximum atomic E-state index is 12.7. The van der Waals surface area contributed by atoms with Gasteiger partial charge in [0.15, 0.2) is 16.6 Å². The SMILES string of the molecule is O=C(Nc1nc(-c2ccccc2)cs1)C1CC(=O)N(c2ccc3c(c2)OCO3)C1. The van der Waals surface area contributed by atoms with Crippen molar-refractivity contribution < 1.29 is 19.1 Å². The molecule has 0 radical (unpaired) electrons. The lowest BCUT2D eigenvalue weighted by Crippen LogP contribution is -2.28. The molecule has 29 heavy (non-hydrogen) atoms. The van der Waals surface area contributed by atoms with Gasteiger partial charge in [0.1, 0.15) is 0 Å². The third-order valence-electron chi connectivity index (χ3n) is 4.97. The minimum atomic E-state index is -0.433. The van der Waals surface area contributed by atoms with Gasteiger partial charge in [-0.2, -0.15) is 0 Å². The minimum Gasteiger partial charge on any atom is -0.454 e. The molecule has 1 saturated heterocycles. The normalized spacial score (nSPS) is 17.6. The number of benzene rings is 2. The lowest BCUT2D eigenvalue weighted by atomic mass is 10.1. The minimum absolute atomic E-state index is 0.0897. The highest BCUT2D eigenvalue weighted by Crippen LogP contribution is 2.37. The highest BCUT2D eigenvalue weighted by molar-refractivity contribution is 7.14. The van der Waals surface area contributed by atoms with Gasteiger partial charge in [0.2, 0.25) is 18.6 Å². The maximum absolute atomic E-state index is 12.7. The van der Waals surface area contributed by atoms with Gasteiger partial charge in [0.25, 0.3) is 0 Å². The van der Waals surface area contributed by atoms with Crippen molar-refractivity contribution in [3.8, 4) is 22.8 Å². The monoisotopic (exact) mass is 407 g/mol. The number of thiazole rings is 1. The van der Waals surface area contributed by atoms with Crippen LogP contribution in [0.4, 0.5) is 10.8 Å². The van der Waals surface area contributed by atoms with Crippen LogP contribution in [0.25, 0.3) is 11.3 Å². The van der Waals surface area contributed by atoms with Crippen molar-refractivity contribution in [2.45, 2.75) is 6.42 Å². The first-order valence-electron chi connectivity index (χ1n) is 9.19. The van der Waals surface area contributed by atoms with E-state index in [1.54, 1.807) is 23.1 Å². The third kappa shape index (κ3) is 3.42. The topological polar surface area (TPSA) is 80.8 Å². The maximum Gasteiger partial charge on any atom is 0.231 e. The zero-order valence-electron chi connectivity index (χ0n) is 15.3. The first-order valence-corrected chi connectivity index (χ1v) is 10.1. The van der Waals surface area contributed by atoms with E-state index in [1.807, 2.05) is 35.7 Å². The summed E-state index contributed by atoms with van der Waals surface area (Å²) in [4.78, 5) is 31.3. The summed E-state index contributed by atoms with van der Waals surface area (Å²) in [5.74, 6) is 0.549. The van der Waals surface area contributed by atoms with Crippen LogP contribution in [0, 0.1) is 5.92 Å². The zero-order chi connectivity index (χ0) is 19.8. The molecule has 0 saturated carbocycles. The average Bonchev–Trinajstić information content (AvgIpc) is 3.47. The smallest absolute Gasteiger partial charge is 0.231 e. The fraction of sp³-hybridized carbons (Fsp3) is 0.190. The Morgan fingerprint density at radius 1 is 1.14 bits per heavy atom. The second-order valence-electron chi connectivity index (χ2n) is 6.84. The fourth-order valence-electron chi connectivity index (χ4n) is 3.47. The lowest BCUT2D eigenvalue weighted by molar-refractivity contribution is -0.122. The van der Waals surface area contributed by atoms with Gasteiger partial charge in [-0.05, 0) is 12.1 Å². The van der Waals surface area contributed by atoms with Crippen molar-refractivity contribution in [2.24, 2.45) is 5.92 Å². The Morgan fingerprint density at radius 3 is 2.83 bits per heavy atom. The van der Waals surface area contributed by atoms with Gasteiger partial charge in [-0.1, -0.05) is 30.3 Å². The summed E-state index contributed by atoms with van der Waals surface area (Å²) in [5.41, 5.74) is 2.51. The van der Waals surface area contributed by atoms with Crippen LogP contribution in [0.1, 0.15) is 6.42 Å². The molecule has 2 aromatic carbocycles. The number of hydrogen-bond donors (Lipinski definition) is 1. The summed E-state index contributed by atoms with van der Waals surface area (Å²) in [7, 11) is 0. The predicted molar refractivity (Wildman–Crippen MR) is 109 cm³/mol. The van der Waals surface area contributed by atoms with Crippen molar-refractivity contribution >= 4 is 34.0 Å². The molecule has 1 aromatic heterocycles. The van der Waals surface area contributed by atoms with E-state index in [0.29, 0.717) is 28.9 Å². The number of anilines is 2. The summed E-state index contributed by atoms with van der Waals surface area (Å²) in [5, 5.41) is 5.29. The largest absolute Gasteiger partial charge is 0.454 e. The Bertz CT molecular complexity index is 1080. The molecular formula is C21H17N3O4S. The van der Waals surface area contributed by atoms with E-state index in [2.05, 4.69) is 10.3 Å². The van der Waals surface area contributed by atoms with Crippen LogP contribution in [0.2, 0.25) is 0 Å². The molecule has 3 aromatic rings. The molecule has 2 amide bonds. The van der Waals surface area contributed by atoms with Gasteiger partial charge in [-0.15, -0.1) is 11.3 Å². The molecule has 5 rings (SSSR count). The van der Waals surface area contributed by atoms with Crippen LogP contribution >= 0.6 is 11.3 Å². The van der Waals surface area contributed by atoms with E-state index in [4.69, 9.17) is 9.47 Å². The Morgan fingerprint density at radius 2 is 1.97 bits per heavy atom. The highest BCUT2D eigenvalue weighted by atomic mass is 32.1. The van der Waals surface area contributed by atoms with E-state index in [9.17, 15) is 9.59 Å². The number of nitrogens with zero attached hydrogens (tertiary/aromatic N) is 2. The Kier molecular flexibility index (Phi) is 4.40. The molecule has 8 heteroatoms. The molecule has 3 heterocycles. The molecule has 1 fully saturated rings. The summed E-state index contributed by atoms with van der Waals surface area (Å²) < 4.78 is 10.7. The second-order valence-corrected chi connectivity index (χ2v) is 7.69. The number of rotatable bonds is 4. The van der Waals surface area contributed by atoms with E-state index < -0.39 is 5.92 Å². The number of nitrogens with one attached hydrogen (secondary N) is 1. The third-order valence-corrected chi connectivity index (χ3v) is 5.73. The van der Waals surface area contributed by atoms with Gasteiger partial charge < -0.3 is 19.7 Å². The first-order chi connectivity index (χ1) is 14.2. The summed E-state index contributed by atoms with van der Waals surface area (Å²) in [6.45, 7) is 0.498. The molecule has 1 N–H and O–H groups in total. The van der Waals surface area contributed by atoms with Crippen molar-refractivity contribution in [1.82, 2.24) is 4.98 Å². The van der Waals surface area contributed by atoms with Crippen molar-refractivity contribution in [3.05, 3.63) is 53.9 Å². The Balaban J connectivity index is 1.27. The van der Waals surface area contributed by atoms with Crippen LogP contribution in [0.15, 0.2) is 53.9 Å². The van der Waals surface area contributed by atoms with Crippen molar-refractivity contribution in [2.75, 3.05) is 23.6 Å². The number of ether oxygens (including phenoxy) is 2. The van der Waals surface area contributed by atoms with Crippen molar-refractivity contribution in [1.29, 1.82) is 0 Å². The van der Waals surface area contributed by atoms with Crippen LogP contribution in [0.3, 0.4) is 0 Å². The fourth-order valence-corrected chi connectivity index (χ4v) is 4.19. The summed E-state index contributed by atoms with van der Waals surface area (Å²) in [6.07, 6.45) is 0.164. The van der Waals surface area contributed by atoms with E-state index >= 15 is 0 Å². The molecule has 2 aliphatic heterocycles. The van der Waals surface area contributed by atoms with Gasteiger partial charge in [0.05, 0.1) is 11.6 Å². The Hall–Kier alpha value is -3.39. The van der Waals surface area contributed by atoms with Crippen molar-refractivity contribution in [3.63, 3.8) is 0 Å². The highest BCUT2D eigenvalue weighted by Gasteiger charge is 2.36. The number of amides is 2. The van der Waals surface area contributed by atoms with E-state index in [-0.39, 0.29) is 25.0 Å². The molecule has 146 valence electrons. The average molecular weight is 407 g/mol. The molecular weight excluding hydrogens is 390 g/mol. The molecule has 0 spiro atoms. The van der Waals surface area contributed by atoms with Crippen LogP contribution in [-0.2, 0) is 9.59 Å². The Labute approximate surface area is 170 Å². The zero-order valence-corrected chi connectivity index (χ0v) is 16.1. The van der Waals surface area contributed by atoms with Gasteiger partial charge >= 0.3 is 0 Å². The predicted octanol–water partition coefficient (Wildman–Crippen LogP) is 3.53. The molecule has 1 unspecified atom stereocenters. The van der Waals surface area contributed by atoms with Gasteiger partial charge in [0, 0.05) is 35.7 Å². The number of aromatic nitrogens is 1. The molecule has 1 atom stereocenters. The second kappa shape index (κ2) is 7.21. The van der Waals surface area contributed by atoms with Gasteiger partial charge in [-0.3, -0.25) is 9.59 Å². The summed E-state index contributed by atoms with van der Waals surface area (Å²) >= 11 is 1.37. The van der Waals surface area contributed by atoms with Crippen LogP contribution < -0.4 is 19.7 Å². The van der Waals surface area contributed by atoms with E-state index in [0.717, 1.165) is 11.3 Å². The van der Waals surface area contributed by atoms with E-state index in [1.165, 1.54) is 11.3 Å². The molecule has 0 aliphatic carbocycles. The number of hydrogen-bond acceptors (Lipinski definition) is 6. The van der Waals surface area contributed by atoms with Crippen LogP contribution in [-0.4, -0.2) is 30.1 Å². The standard InChI is InChI=1S/C21H17N3O4S/c25-19-8-14(10-24(19)15-6-7-17-18(9-15)28-12-27-17)20(26)23-21-22-16(11-29-21)13-4-2-1-3-5-13/h1-7,9,11,14H,8,10,12H2,(H,22,23,26). The molecule has 0 bridgehead atoms. The lowest BCUT2D eigenvalue weighted by Gasteiger charge is -2.17. The number of fused-ring (bicyclic) bond motifs is 1. The van der Waals surface area contributed by atoms with Gasteiger partial charge in [-0.25, -0.2) is 4.98 Å². The first kappa shape index (κ1) is 17.7. The van der Waals surface area contributed by atoms with Crippen LogP contribution in [0.5, 0.6) is 11.5 Å². The molecule has 7 nitrogen and oxygen atoms in total. The number of carbonyl (C=O) groups is 2. The number of carbonyl (C=O) groups excluding carboxylic acids is 2. The summed E-state index contributed by atoms with van der Waals surface area (Å²) in [6, 6.07) is 15.1. The molecule has 2 aliphatic rings. The quantitative estimate of drug-likeness (QED) is 0.716.